The van der Waals surface area contributed by atoms with Crippen LogP contribution in [0.1, 0.15) is 12.5 Å². The average Bonchev–Trinajstić information content (AvgIpc) is 2.42. The van der Waals surface area contributed by atoms with Gasteiger partial charge in [-0.2, -0.15) is 5.26 Å². The lowest BCUT2D eigenvalue weighted by Gasteiger charge is -2.07. The van der Waals surface area contributed by atoms with Crippen LogP contribution >= 0.6 is 0 Å². The zero-order chi connectivity index (χ0) is 12.8. The van der Waals surface area contributed by atoms with Gasteiger partial charge in [-0.1, -0.05) is 18.2 Å². The van der Waals surface area contributed by atoms with Crippen LogP contribution in [0.4, 0.5) is 5.82 Å². The van der Waals surface area contributed by atoms with E-state index >= 15 is 0 Å². The Kier molecular flexibility index (Phi) is 4.11. The molecule has 0 unspecified atom stereocenters. The smallest absolute Gasteiger partial charge is 0.128 e. The highest BCUT2D eigenvalue weighted by Crippen LogP contribution is 2.19. The first-order valence-corrected chi connectivity index (χ1v) is 5.96. The summed E-state index contributed by atoms with van der Waals surface area (Å²) in [7, 11) is 0. The van der Waals surface area contributed by atoms with Crippen LogP contribution in [0.25, 0.3) is 10.9 Å². The monoisotopic (exact) mass is 241 g/mol. The van der Waals surface area contributed by atoms with Gasteiger partial charge in [-0.05, 0) is 19.1 Å². The summed E-state index contributed by atoms with van der Waals surface area (Å²) in [5.74, 6) is 0.713. The van der Waals surface area contributed by atoms with Crippen molar-refractivity contribution in [2.45, 2.75) is 6.92 Å². The van der Waals surface area contributed by atoms with Gasteiger partial charge in [-0.3, -0.25) is 0 Å². The number of nitriles is 1. The molecule has 0 saturated heterocycles. The van der Waals surface area contributed by atoms with Crippen LogP contribution in [0.5, 0.6) is 0 Å². The van der Waals surface area contributed by atoms with Crippen LogP contribution in [-0.4, -0.2) is 24.7 Å². The van der Waals surface area contributed by atoms with Gasteiger partial charge in [0.25, 0.3) is 0 Å². The van der Waals surface area contributed by atoms with Gasteiger partial charge in [0, 0.05) is 18.5 Å². The number of aromatic nitrogens is 1. The molecule has 1 aromatic heterocycles. The molecule has 0 aliphatic rings. The van der Waals surface area contributed by atoms with Gasteiger partial charge in [0.2, 0.25) is 0 Å². The van der Waals surface area contributed by atoms with Crippen LogP contribution in [0.2, 0.25) is 0 Å². The van der Waals surface area contributed by atoms with Gasteiger partial charge in [-0.25, -0.2) is 4.98 Å². The summed E-state index contributed by atoms with van der Waals surface area (Å²) >= 11 is 0. The molecule has 0 amide bonds. The minimum atomic E-state index is 0.632. The van der Waals surface area contributed by atoms with Crippen molar-refractivity contribution in [2.24, 2.45) is 0 Å². The lowest BCUT2D eigenvalue weighted by molar-refractivity contribution is 0.158. The van der Waals surface area contributed by atoms with Crippen molar-refractivity contribution in [1.29, 1.82) is 5.26 Å². The van der Waals surface area contributed by atoms with Gasteiger partial charge in [0.15, 0.2) is 0 Å². The van der Waals surface area contributed by atoms with Crippen molar-refractivity contribution in [2.75, 3.05) is 25.1 Å². The molecule has 1 N–H and O–H groups in total. The molecule has 0 radical (unpaired) electrons. The normalized spacial score (nSPS) is 10.2. The lowest BCUT2D eigenvalue weighted by atomic mass is 10.1. The molecular weight excluding hydrogens is 226 g/mol. The number of fused-ring (bicyclic) bond motifs is 1. The van der Waals surface area contributed by atoms with Crippen molar-refractivity contribution in [3.63, 3.8) is 0 Å². The maximum absolute atomic E-state index is 9.14. The van der Waals surface area contributed by atoms with E-state index < -0.39 is 0 Å². The van der Waals surface area contributed by atoms with E-state index in [1.807, 2.05) is 31.2 Å². The number of hydrogen-bond acceptors (Lipinski definition) is 4. The fourth-order valence-corrected chi connectivity index (χ4v) is 1.75. The minimum absolute atomic E-state index is 0.632. The third kappa shape index (κ3) is 2.76. The zero-order valence-electron chi connectivity index (χ0n) is 10.3. The summed E-state index contributed by atoms with van der Waals surface area (Å²) in [5.41, 5.74) is 1.47. The van der Waals surface area contributed by atoms with E-state index in [1.165, 1.54) is 0 Å². The topological polar surface area (TPSA) is 57.9 Å². The fraction of sp³-hybridized carbons (Fsp3) is 0.286. The molecule has 4 heteroatoms. The van der Waals surface area contributed by atoms with Crippen molar-refractivity contribution >= 4 is 16.7 Å². The van der Waals surface area contributed by atoms with Gasteiger partial charge in [0.05, 0.1) is 23.8 Å². The molecule has 18 heavy (non-hydrogen) atoms. The summed E-state index contributed by atoms with van der Waals surface area (Å²) in [6.07, 6.45) is 0. The highest BCUT2D eigenvalue weighted by Gasteiger charge is 2.04. The van der Waals surface area contributed by atoms with Gasteiger partial charge >= 0.3 is 0 Å². The maximum Gasteiger partial charge on any atom is 0.128 e. The van der Waals surface area contributed by atoms with E-state index in [4.69, 9.17) is 10.00 Å². The Labute approximate surface area is 106 Å². The Morgan fingerprint density at radius 1 is 1.39 bits per heavy atom. The van der Waals surface area contributed by atoms with Crippen molar-refractivity contribution in [3.05, 3.63) is 35.9 Å². The Hall–Kier alpha value is -2.12. The van der Waals surface area contributed by atoms with E-state index in [9.17, 15) is 0 Å². The number of rotatable bonds is 5. The van der Waals surface area contributed by atoms with Crippen LogP contribution in [0.3, 0.4) is 0 Å². The maximum atomic E-state index is 9.14. The number of benzene rings is 1. The molecule has 0 atom stereocenters. The van der Waals surface area contributed by atoms with Crippen LogP contribution in [0, 0.1) is 11.3 Å². The number of nitrogens with zero attached hydrogens (tertiary/aromatic N) is 2. The summed E-state index contributed by atoms with van der Waals surface area (Å²) in [6, 6.07) is 11.6. The molecule has 0 aliphatic carbocycles. The predicted octanol–water partition coefficient (Wildman–Crippen LogP) is 2.55. The van der Waals surface area contributed by atoms with Crippen LogP contribution in [-0.2, 0) is 4.74 Å². The molecule has 1 heterocycles. The Bertz CT molecular complexity index is 575. The van der Waals surface area contributed by atoms with E-state index in [0.29, 0.717) is 31.1 Å². The average molecular weight is 241 g/mol. The van der Waals surface area contributed by atoms with Crippen molar-refractivity contribution < 1.29 is 4.74 Å². The highest BCUT2D eigenvalue weighted by atomic mass is 16.5. The van der Waals surface area contributed by atoms with Gasteiger partial charge in [0.1, 0.15) is 5.82 Å². The van der Waals surface area contributed by atoms with E-state index in [0.717, 1.165) is 10.9 Å². The molecule has 0 saturated carbocycles. The second kappa shape index (κ2) is 5.99. The number of para-hydroxylation sites is 1. The molecule has 92 valence electrons. The SMILES string of the molecule is CCOCCNc1cc(C#N)c2ccccc2n1. The van der Waals surface area contributed by atoms with Gasteiger partial charge < -0.3 is 10.1 Å². The van der Waals surface area contributed by atoms with Crippen LogP contribution in [0.15, 0.2) is 30.3 Å². The Balaban J connectivity index is 2.22. The summed E-state index contributed by atoms with van der Waals surface area (Å²) < 4.78 is 5.24. The molecular formula is C14H15N3O. The molecule has 1 aromatic carbocycles. The third-order valence-electron chi connectivity index (χ3n) is 2.59. The number of anilines is 1. The summed E-state index contributed by atoms with van der Waals surface area (Å²) in [5, 5.41) is 13.2. The zero-order valence-corrected chi connectivity index (χ0v) is 10.3. The Morgan fingerprint density at radius 2 is 2.22 bits per heavy atom. The first kappa shape index (κ1) is 12.3. The quantitative estimate of drug-likeness (QED) is 0.817. The number of nitrogens with one attached hydrogen (secondary N) is 1. The molecule has 0 bridgehead atoms. The second-order valence-corrected chi connectivity index (χ2v) is 3.81. The largest absolute Gasteiger partial charge is 0.380 e. The number of ether oxygens (including phenoxy) is 1. The standard InChI is InChI=1S/C14H15N3O/c1-2-18-8-7-16-14-9-11(10-15)12-5-3-4-6-13(12)17-14/h3-6,9H,2,7-8H2,1H3,(H,16,17). The second-order valence-electron chi connectivity index (χ2n) is 3.81. The lowest BCUT2D eigenvalue weighted by Crippen LogP contribution is -2.10. The molecule has 0 aliphatic heterocycles. The molecule has 2 aromatic rings. The first-order chi connectivity index (χ1) is 8.85. The van der Waals surface area contributed by atoms with Crippen LogP contribution < -0.4 is 5.32 Å². The van der Waals surface area contributed by atoms with E-state index in [1.54, 1.807) is 6.07 Å². The predicted molar refractivity (Wildman–Crippen MR) is 71.4 cm³/mol. The summed E-state index contributed by atoms with van der Waals surface area (Å²) in [6.45, 7) is 3.98. The fourth-order valence-electron chi connectivity index (χ4n) is 1.75. The minimum Gasteiger partial charge on any atom is -0.380 e. The number of hydrogen-bond donors (Lipinski definition) is 1. The Morgan fingerprint density at radius 3 is 3.00 bits per heavy atom. The first-order valence-electron chi connectivity index (χ1n) is 5.96. The number of pyridine rings is 1. The third-order valence-corrected chi connectivity index (χ3v) is 2.59. The molecule has 0 fully saturated rings. The molecule has 0 spiro atoms. The summed E-state index contributed by atoms with van der Waals surface area (Å²) in [4.78, 5) is 4.46. The van der Waals surface area contributed by atoms with Gasteiger partial charge in [-0.15, -0.1) is 0 Å². The highest BCUT2D eigenvalue weighted by molar-refractivity contribution is 5.86. The van der Waals surface area contributed by atoms with E-state index in [-0.39, 0.29) is 0 Å². The molecule has 2 rings (SSSR count). The van der Waals surface area contributed by atoms with Crippen molar-refractivity contribution in [3.8, 4) is 6.07 Å². The van der Waals surface area contributed by atoms with Crippen molar-refractivity contribution in [1.82, 2.24) is 4.98 Å². The van der Waals surface area contributed by atoms with E-state index in [2.05, 4.69) is 16.4 Å². The molecule has 4 nitrogen and oxygen atoms in total.